The van der Waals surface area contributed by atoms with Crippen molar-refractivity contribution in [3.8, 4) is 0 Å². The molecule has 0 radical (unpaired) electrons. The Hall–Kier alpha value is -0.870. The second-order valence-electron chi connectivity index (χ2n) is 5.20. The number of hydrogen-bond acceptors (Lipinski definition) is 3. The van der Waals surface area contributed by atoms with E-state index in [1.165, 1.54) is 24.8 Å². The van der Waals surface area contributed by atoms with Crippen LogP contribution >= 0.6 is 0 Å². The minimum atomic E-state index is 0.135. The van der Waals surface area contributed by atoms with E-state index in [1.54, 1.807) is 0 Å². The number of allylic oxidation sites excluding steroid dienone is 1. The molecule has 1 unspecified atom stereocenters. The number of ether oxygens (including phenoxy) is 1. The third kappa shape index (κ3) is 4.10. The number of amides is 1. The zero-order chi connectivity index (χ0) is 12.8. The number of carbonyl (C=O) groups is 1. The molecular formula is C14H24N2O2. The monoisotopic (exact) mass is 252 g/mol. The summed E-state index contributed by atoms with van der Waals surface area (Å²) in [5, 5.41) is 3.11. The highest BCUT2D eigenvalue weighted by Gasteiger charge is 2.17. The minimum Gasteiger partial charge on any atom is -0.379 e. The van der Waals surface area contributed by atoms with Crippen molar-refractivity contribution in [2.24, 2.45) is 0 Å². The molecule has 18 heavy (non-hydrogen) atoms. The van der Waals surface area contributed by atoms with Crippen molar-refractivity contribution in [3.63, 3.8) is 0 Å². The molecule has 1 amide bonds. The van der Waals surface area contributed by atoms with E-state index >= 15 is 0 Å². The summed E-state index contributed by atoms with van der Waals surface area (Å²) < 4.78 is 5.28. The van der Waals surface area contributed by atoms with E-state index in [-0.39, 0.29) is 11.9 Å². The van der Waals surface area contributed by atoms with Crippen molar-refractivity contribution in [2.75, 3.05) is 32.8 Å². The lowest BCUT2D eigenvalue weighted by molar-refractivity contribution is -0.123. The molecule has 2 rings (SSSR count). The standard InChI is InChI=1S/C14H24N2O2/c1-12(13-5-3-2-4-6-13)15-14(17)11-16-7-9-18-10-8-16/h5,12H,2-4,6-11H2,1H3,(H,15,17). The van der Waals surface area contributed by atoms with Gasteiger partial charge >= 0.3 is 0 Å². The second-order valence-corrected chi connectivity index (χ2v) is 5.20. The predicted octanol–water partition coefficient (Wildman–Crippen LogP) is 1.32. The first kappa shape index (κ1) is 13.6. The van der Waals surface area contributed by atoms with Crippen molar-refractivity contribution in [1.29, 1.82) is 0 Å². The SMILES string of the molecule is CC(NC(=O)CN1CCOCC1)C1=CCCCC1. The number of hydrogen-bond donors (Lipinski definition) is 1. The molecule has 0 aromatic rings. The van der Waals surface area contributed by atoms with Gasteiger partial charge in [0.15, 0.2) is 0 Å². The Morgan fingerprint density at radius 3 is 2.89 bits per heavy atom. The van der Waals surface area contributed by atoms with Gasteiger partial charge in [0, 0.05) is 19.1 Å². The molecule has 1 atom stereocenters. The van der Waals surface area contributed by atoms with Crippen molar-refractivity contribution in [2.45, 2.75) is 38.6 Å². The van der Waals surface area contributed by atoms with Crippen LogP contribution in [0.15, 0.2) is 11.6 Å². The van der Waals surface area contributed by atoms with Gasteiger partial charge in [-0.25, -0.2) is 0 Å². The Labute approximate surface area is 109 Å². The average molecular weight is 252 g/mol. The first-order chi connectivity index (χ1) is 8.75. The lowest BCUT2D eigenvalue weighted by atomic mass is 9.95. The van der Waals surface area contributed by atoms with Crippen LogP contribution in [0.25, 0.3) is 0 Å². The van der Waals surface area contributed by atoms with Crippen LogP contribution in [0.5, 0.6) is 0 Å². The summed E-state index contributed by atoms with van der Waals surface area (Å²) in [5.41, 5.74) is 1.40. The molecular weight excluding hydrogens is 228 g/mol. The van der Waals surface area contributed by atoms with Crippen LogP contribution in [0, 0.1) is 0 Å². The lowest BCUT2D eigenvalue weighted by Crippen LogP contribution is -2.45. The highest BCUT2D eigenvalue weighted by molar-refractivity contribution is 5.78. The summed E-state index contributed by atoms with van der Waals surface area (Å²) in [6, 6.07) is 0.193. The van der Waals surface area contributed by atoms with Gasteiger partial charge in [0.25, 0.3) is 0 Å². The normalized spacial score (nSPS) is 23.3. The summed E-state index contributed by atoms with van der Waals surface area (Å²) in [6.45, 7) is 5.81. The quantitative estimate of drug-likeness (QED) is 0.767. The number of morpholine rings is 1. The lowest BCUT2D eigenvalue weighted by Gasteiger charge is -2.27. The third-order valence-electron chi connectivity index (χ3n) is 3.73. The fourth-order valence-electron chi connectivity index (χ4n) is 2.60. The van der Waals surface area contributed by atoms with Gasteiger partial charge in [-0.2, -0.15) is 0 Å². The molecule has 1 saturated heterocycles. The number of nitrogens with zero attached hydrogens (tertiary/aromatic N) is 1. The maximum atomic E-state index is 11.9. The zero-order valence-corrected chi connectivity index (χ0v) is 11.3. The number of carbonyl (C=O) groups excluding carboxylic acids is 1. The van der Waals surface area contributed by atoms with E-state index < -0.39 is 0 Å². The van der Waals surface area contributed by atoms with Crippen LogP contribution in [0.3, 0.4) is 0 Å². The Morgan fingerprint density at radius 2 is 2.22 bits per heavy atom. The molecule has 0 aromatic carbocycles. The first-order valence-electron chi connectivity index (χ1n) is 7.04. The topological polar surface area (TPSA) is 41.6 Å². The van der Waals surface area contributed by atoms with Crippen LogP contribution < -0.4 is 5.32 Å². The molecule has 0 aromatic heterocycles. The molecule has 1 heterocycles. The van der Waals surface area contributed by atoms with Gasteiger partial charge < -0.3 is 10.1 Å². The third-order valence-corrected chi connectivity index (χ3v) is 3.73. The summed E-state index contributed by atoms with van der Waals surface area (Å²) in [7, 11) is 0. The van der Waals surface area contributed by atoms with Crippen molar-refractivity contribution in [3.05, 3.63) is 11.6 Å². The maximum Gasteiger partial charge on any atom is 0.234 e. The van der Waals surface area contributed by atoms with E-state index in [9.17, 15) is 4.79 Å². The van der Waals surface area contributed by atoms with Gasteiger partial charge in [-0.3, -0.25) is 9.69 Å². The average Bonchev–Trinajstić information content (AvgIpc) is 2.40. The van der Waals surface area contributed by atoms with E-state index in [0.29, 0.717) is 6.54 Å². The van der Waals surface area contributed by atoms with Gasteiger partial charge in [-0.05, 0) is 32.6 Å². The van der Waals surface area contributed by atoms with Gasteiger partial charge in [0.2, 0.25) is 5.91 Å². The Morgan fingerprint density at radius 1 is 1.44 bits per heavy atom. The first-order valence-corrected chi connectivity index (χ1v) is 7.04. The van der Waals surface area contributed by atoms with Crippen molar-refractivity contribution < 1.29 is 9.53 Å². The Kier molecular flexibility index (Phi) is 5.20. The summed E-state index contributed by atoms with van der Waals surface area (Å²) in [6.07, 6.45) is 7.15. The molecule has 2 aliphatic rings. The number of nitrogens with one attached hydrogen (secondary N) is 1. The van der Waals surface area contributed by atoms with Crippen LogP contribution in [0.4, 0.5) is 0 Å². The van der Waals surface area contributed by atoms with E-state index in [1.807, 2.05) is 0 Å². The smallest absolute Gasteiger partial charge is 0.234 e. The van der Waals surface area contributed by atoms with Crippen molar-refractivity contribution in [1.82, 2.24) is 10.2 Å². The summed E-state index contributed by atoms with van der Waals surface area (Å²) in [5.74, 6) is 0.135. The van der Waals surface area contributed by atoms with Crippen LogP contribution in [-0.4, -0.2) is 49.7 Å². The van der Waals surface area contributed by atoms with Gasteiger partial charge in [-0.1, -0.05) is 11.6 Å². The molecule has 1 aliphatic carbocycles. The van der Waals surface area contributed by atoms with E-state index in [2.05, 4.69) is 23.2 Å². The largest absolute Gasteiger partial charge is 0.379 e. The predicted molar refractivity (Wildman–Crippen MR) is 71.4 cm³/mol. The highest BCUT2D eigenvalue weighted by atomic mass is 16.5. The molecule has 102 valence electrons. The van der Waals surface area contributed by atoms with Crippen LogP contribution in [0.1, 0.15) is 32.6 Å². The second kappa shape index (κ2) is 6.90. The van der Waals surface area contributed by atoms with Crippen LogP contribution in [-0.2, 0) is 9.53 Å². The molecule has 4 nitrogen and oxygen atoms in total. The van der Waals surface area contributed by atoms with Crippen molar-refractivity contribution >= 4 is 5.91 Å². The molecule has 0 bridgehead atoms. The molecule has 1 aliphatic heterocycles. The number of rotatable bonds is 4. The summed E-state index contributed by atoms with van der Waals surface area (Å²) >= 11 is 0. The zero-order valence-electron chi connectivity index (χ0n) is 11.3. The van der Waals surface area contributed by atoms with Gasteiger partial charge in [-0.15, -0.1) is 0 Å². The maximum absolute atomic E-state index is 11.9. The molecule has 1 fully saturated rings. The van der Waals surface area contributed by atoms with Gasteiger partial charge in [0.05, 0.1) is 19.8 Å². The fourth-order valence-corrected chi connectivity index (χ4v) is 2.60. The minimum absolute atomic E-state index is 0.135. The molecule has 0 spiro atoms. The van der Waals surface area contributed by atoms with E-state index in [4.69, 9.17) is 4.74 Å². The molecule has 4 heteroatoms. The van der Waals surface area contributed by atoms with E-state index in [0.717, 1.165) is 32.7 Å². The summed E-state index contributed by atoms with van der Waals surface area (Å²) in [4.78, 5) is 14.1. The Balaban J connectivity index is 1.74. The molecule has 0 saturated carbocycles. The Bertz CT molecular complexity index is 309. The highest BCUT2D eigenvalue weighted by Crippen LogP contribution is 2.19. The van der Waals surface area contributed by atoms with Crippen LogP contribution in [0.2, 0.25) is 0 Å². The van der Waals surface area contributed by atoms with Gasteiger partial charge in [0.1, 0.15) is 0 Å². The fraction of sp³-hybridized carbons (Fsp3) is 0.786. The molecule has 1 N–H and O–H groups in total.